The molecule has 0 aliphatic rings. The molecule has 0 aliphatic heterocycles. The van der Waals surface area contributed by atoms with Gasteiger partial charge in [-0.1, -0.05) is 0 Å². The maximum atomic E-state index is 4.87. The Labute approximate surface area is 156 Å². The van der Waals surface area contributed by atoms with Crippen LogP contribution < -0.4 is 4.90 Å². The monoisotopic (exact) mass is 364 g/mol. The number of nitrogens with zero attached hydrogens (tertiary/aromatic N) is 5. The van der Waals surface area contributed by atoms with Crippen molar-refractivity contribution < 1.29 is 0 Å². The molecule has 1 aromatic carbocycles. The van der Waals surface area contributed by atoms with Crippen molar-refractivity contribution in [2.45, 2.75) is 13.8 Å². The highest BCUT2D eigenvalue weighted by atomic mass is 32.1. The van der Waals surface area contributed by atoms with Gasteiger partial charge < -0.3 is 4.90 Å². The molecule has 1 N–H and O–H groups in total. The summed E-state index contributed by atoms with van der Waals surface area (Å²) < 4.78 is 2.06. The molecule has 0 fully saturated rings. The number of nitrogens with one attached hydrogen (secondary N) is 1. The van der Waals surface area contributed by atoms with Crippen molar-refractivity contribution in [3.05, 3.63) is 53.4 Å². The molecule has 3 aromatic heterocycles. The number of aromatic nitrogens is 5. The van der Waals surface area contributed by atoms with E-state index in [2.05, 4.69) is 74.2 Å². The Morgan fingerprint density at radius 2 is 1.88 bits per heavy atom. The number of hydrogen-bond acceptors (Lipinski definition) is 5. The largest absolute Gasteiger partial charge is 0.378 e. The predicted molar refractivity (Wildman–Crippen MR) is 106 cm³/mol. The summed E-state index contributed by atoms with van der Waals surface area (Å²) in [6.07, 6.45) is 1.52. The molecule has 0 bridgehead atoms. The van der Waals surface area contributed by atoms with E-state index >= 15 is 0 Å². The third-order valence-electron chi connectivity index (χ3n) is 4.46. The topological polar surface area (TPSA) is 62.6 Å². The van der Waals surface area contributed by atoms with Crippen LogP contribution >= 0.6 is 11.3 Å². The van der Waals surface area contributed by atoms with Gasteiger partial charge in [-0.3, -0.25) is 4.57 Å². The number of aryl methyl sites for hydroxylation is 1. The maximum Gasteiger partial charge on any atom is 0.229 e. The Morgan fingerprint density at radius 1 is 1.12 bits per heavy atom. The lowest BCUT2D eigenvalue weighted by Crippen LogP contribution is -2.07. The van der Waals surface area contributed by atoms with Crippen LogP contribution in [0.4, 0.5) is 5.69 Å². The fourth-order valence-electron chi connectivity index (χ4n) is 3.09. The first-order valence-electron chi connectivity index (χ1n) is 8.33. The molecule has 4 aromatic rings. The van der Waals surface area contributed by atoms with E-state index < -0.39 is 0 Å². The Kier molecular flexibility index (Phi) is 4.08. The minimum atomic E-state index is 0.723. The second-order valence-corrected chi connectivity index (χ2v) is 7.27. The van der Waals surface area contributed by atoms with Crippen LogP contribution in [0.25, 0.3) is 27.8 Å². The average molecular weight is 364 g/mol. The van der Waals surface area contributed by atoms with Crippen molar-refractivity contribution in [3.8, 4) is 27.8 Å². The number of hydrogen-bond donors (Lipinski definition) is 1. The van der Waals surface area contributed by atoms with Gasteiger partial charge in [0.1, 0.15) is 11.3 Å². The van der Waals surface area contributed by atoms with Gasteiger partial charge in [0, 0.05) is 47.7 Å². The van der Waals surface area contributed by atoms with Gasteiger partial charge in [-0.15, -0.1) is 11.3 Å². The lowest BCUT2D eigenvalue weighted by molar-refractivity contribution is 0.879. The van der Waals surface area contributed by atoms with Gasteiger partial charge in [0.15, 0.2) is 0 Å². The van der Waals surface area contributed by atoms with Gasteiger partial charge in [-0.05, 0) is 44.2 Å². The second-order valence-electron chi connectivity index (χ2n) is 6.41. The van der Waals surface area contributed by atoms with Gasteiger partial charge >= 0.3 is 0 Å². The fourth-order valence-corrected chi connectivity index (χ4v) is 3.91. The van der Waals surface area contributed by atoms with Gasteiger partial charge in [0.05, 0.1) is 5.69 Å². The summed E-state index contributed by atoms with van der Waals surface area (Å²) in [6.45, 7) is 4.14. The molecular formula is C19H20N6S. The molecule has 4 rings (SSSR count). The Morgan fingerprint density at radius 3 is 2.54 bits per heavy atom. The first kappa shape index (κ1) is 16.5. The summed E-state index contributed by atoms with van der Waals surface area (Å²) >= 11 is 1.66. The molecule has 0 saturated carbocycles. The quantitative estimate of drug-likeness (QED) is 0.593. The summed E-state index contributed by atoms with van der Waals surface area (Å²) in [5.41, 5.74) is 6.61. The number of rotatable bonds is 4. The third kappa shape index (κ3) is 2.80. The van der Waals surface area contributed by atoms with Crippen LogP contribution in [-0.2, 0) is 0 Å². The summed E-state index contributed by atoms with van der Waals surface area (Å²) in [7, 11) is 4.08. The molecule has 0 unspecified atom stereocenters. The molecule has 7 heteroatoms. The Bertz CT molecular complexity index is 1020. The van der Waals surface area contributed by atoms with E-state index in [-0.39, 0.29) is 0 Å². The highest BCUT2D eigenvalue weighted by Crippen LogP contribution is 2.33. The number of benzene rings is 1. The minimum Gasteiger partial charge on any atom is -0.378 e. The van der Waals surface area contributed by atoms with Crippen LogP contribution in [-0.4, -0.2) is 38.8 Å². The molecular weight excluding hydrogens is 344 g/mol. The molecule has 0 spiro atoms. The normalized spacial score (nSPS) is 11.1. The van der Waals surface area contributed by atoms with Crippen molar-refractivity contribution >= 4 is 17.0 Å². The van der Waals surface area contributed by atoms with Gasteiger partial charge in [0.2, 0.25) is 5.95 Å². The minimum absolute atomic E-state index is 0.723. The molecule has 0 saturated heterocycles. The summed E-state index contributed by atoms with van der Waals surface area (Å²) in [6, 6.07) is 10.6. The number of anilines is 1. The highest BCUT2D eigenvalue weighted by Gasteiger charge is 2.16. The average Bonchev–Trinajstić information content (AvgIpc) is 3.35. The lowest BCUT2D eigenvalue weighted by atomic mass is 10.2. The zero-order valence-corrected chi connectivity index (χ0v) is 16.0. The van der Waals surface area contributed by atoms with E-state index in [0.717, 1.165) is 39.2 Å². The summed E-state index contributed by atoms with van der Waals surface area (Å²) in [5.74, 6) is 0.723. The van der Waals surface area contributed by atoms with E-state index in [4.69, 9.17) is 4.98 Å². The number of thiazole rings is 1. The van der Waals surface area contributed by atoms with Crippen LogP contribution in [0.15, 0.2) is 42.0 Å². The van der Waals surface area contributed by atoms with Crippen LogP contribution in [0.5, 0.6) is 0 Å². The van der Waals surface area contributed by atoms with Crippen LogP contribution in [0.3, 0.4) is 0 Å². The molecule has 0 atom stereocenters. The van der Waals surface area contributed by atoms with Gasteiger partial charge in [-0.25, -0.2) is 10.1 Å². The van der Waals surface area contributed by atoms with Crippen LogP contribution in [0.1, 0.15) is 11.4 Å². The third-order valence-corrected chi connectivity index (χ3v) is 5.35. The SMILES string of the molecule is Cc1cc(-c2csc(-c3ccc(N(C)C)cc3)n2)c(C)n1-c1ncn[nH]1. The molecule has 0 amide bonds. The molecule has 3 heterocycles. The molecule has 132 valence electrons. The Hall–Kier alpha value is -2.93. The first-order valence-corrected chi connectivity index (χ1v) is 9.21. The zero-order chi connectivity index (χ0) is 18.3. The number of aromatic amines is 1. The van der Waals surface area contributed by atoms with E-state index in [1.807, 2.05) is 14.1 Å². The molecule has 26 heavy (non-hydrogen) atoms. The standard InChI is InChI=1S/C19H20N6S/c1-12-9-16(13(2)25(12)19-20-11-21-23-19)17-10-26-18(22-17)14-5-7-15(8-6-14)24(3)4/h5-11H,1-4H3,(H,20,21,23). The van der Waals surface area contributed by atoms with Gasteiger partial charge in [0.25, 0.3) is 0 Å². The summed E-state index contributed by atoms with van der Waals surface area (Å²) in [4.78, 5) is 11.2. The Balaban J connectivity index is 1.70. The van der Waals surface area contributed by atoms with Crippen molar-refractivity contribution in [2.75, 3.05) is 19.0 Å². The van der Waals surface area contributed by atoms with Crippen molar-refractivity contribution in [2.24, 2.45) is 0 Å². The molecule has 0 aliphatic carbocycles. The summed E-state index contributed by atoms with van der Waals surface area (Å²) in [5, 5.41) is 10.0. The van der Waals surface area contributed by atoms with E-state index in [1.54, 1.807) is 11.3 Å². The zero-order valence-electron chi connectivity index (χ0n) is 15.2. The first-order chi connectivity index (χ1) is 12.5. The van der Waals surface area contributed by atoms with Crippen molar-refractivity contribution in [1.82, 2.24) is 24.7 Å². The highest BCUT2D eigenvalue weighted by molar-refractivity contribution is 7.13. The molecule has 6 nitrogen and oxygen atoms in total. The fraction of sp³-hybridized carbons (Fsp3) is 0.211. The van der Waals surface area contributed by atoms with E-state index in [0.29, 0.717) is 0 Å². The lowest BCUT2D eigenvalue weighted by Gasteiger charge is -2.11. The molecule has 0 radical (unpaired) electrons. The van der Waals surface area contributed by atoms with Crippen molar-refractivity contribution in [3.63, 3.8) is 0 Å². The maximum absolute atomic E-state index is 4.87. The van der Waals surface area contributed by atoms with E-state index in [9.17, 15) is 0 Å². The smallest absolute Gasteiger partial charge is 0.229 e. The van der Waals surface area contributed by atoms with E-state index in [1.165, 1.54) is 12.0 Å². The van der Waals surface area contributed by atoms with Crippen molar-refractivity contribution in [1.29, 1.82) is 0 Å². The predicted octanol–water partition coefficient (Wildman–Crippen LogP) is 4.07. The van der Waals surface area contributed by atoms with Crippen LogP contribution in [0, 0.1) is 13.8 Å². The second kappa shape index (κ2) is 6.42. The number of H-pyrrole nitrogens is 1. The van der Waals surface area contributed by atoms with Gasteiger partial charge in [-0.2, -0.15) is 10.1 Å². The van der Waals surface area contributed by atoms with Crippen LogP contribution in [0.2, 0.25) is 0 Å².